The fourth-order valence-corrected chi connectivity index (χ4v) is 2.64. The van der Waals surface area contributed by atoms with Crippen molar-refractivity contribution in [3.8, 4) is 0 Å². The Hall–Kier alpha value is -3.37. The Kier molecular flexibility index (Phi) is 27.0. The quantitative estimate of drug-likeness (QED) is 0.245. The standard InChI is InChI=1S/2C7H12N2.C6H11N3.C5H10N4.5CH4/c1-6(2)7-4-8-9(3)5-7;1-6(2)7-4-5-9(3)8-7;1-5(2)6-4-9(3)8-7-6;1-4(2)5-6-8-9(3)7-5;;;;;/h2*4-6H,1-3H3;4-5H,1-3H3;4H,1-3H3;5*1H4. The van der Waals surface area contributed by atoms with Crippen LogP contribution in [0.15, 0.2) is 30.9 Å². The molecule has 240 valence electrons. The van der Waals surface area contributed by atoms with Gasteiger partial charge in [-0.2, -0.15) is 15.0 Å². The van der Waals surface area contributed by atoms with Gasteiger partial charge in [-0.15, -0.1) is 15.3 Å². The van der Waals surface area contributed by atoms with Crippen molar-refractivity contribution in [2.75, 3.05) is 0 Å². The highest BCUT2D eigenvalue weighted by atomic mass is 15.6. The lowest BCUT2D eigenvalue weighted by molar-refractivity contribution is 0.625. The zero-order valence-electron chi connectivity index (χ0n) is 24.1. The summed E-state index contributed by atoms with van der Waals surface area (Å²) in [6.45, 7) is 16.9. The number of hydrogen-bond acceptors (Lipinski definition) is 7. The van der Waals surface area contributed by atoms with E-state index in [1.54, 1.807) is 11.7 Å². The number of aromatic nitrogens is 11. The predicted octanol–water partition coefficient (Wildman–Crippen LogP) is 7.54. The first kappa shape index (κ1) is 47.4. The Labute approximate surface area is 252 Å². The van der Waals surface area contributed by atoms with E-state index in [0.29, 0.717) is 23.7 Å². The summed E-state index contributed by atoms with van der Waals surface area (Å²) in [5.74, 6) is 2.81. The number of nitrogens with zero attached hydrogens (tertiary/aromatic N) is 11. The SMILES string of the molecule is C.C.C.C.C.CC(C)c1ccn(C)n1.CC(C)c1cn(C)nn1.CC(C)c1cnn(C)c1.CC(C)c1nnn(C)n1. The number of rotatable bonds is 4. The van der Waals surface area contributed by atoms with Gasteiger partial charge in [-0.1, -0.05) is 97.7 Å². The van der Waals surface area contributed by atoms with Gasteiger partial charge in [-0.05, 0) is 34.6 Å². The maximum absolute atomic E-state index is 4.23. The first-order valence-corrected chi connectivity index (χ1v) is 12.4. The van der Waals surface area contributed by atoms with Crippen LogP contribution in [0, 0.1) is 0 Å². The van der Waals surface area contributed by atoms with Crippen LogP contribution in [0.1, 0.15) is 139 Å². The van der Waals surface area contributed by atoms with E-state index in [0.717, 1.165) is 17.2 Å². The lowest BCUT2D eigenvalue weighted by Crippen LogP contribution is -1.94. The minimum Gasteiger partial charge on any atom is -0.276 e. The van der Waals surface area contributed by atoms with Crippen molar-refractivity contribution in [3.63, 3.8) is 0 Å². The molecule has 0 atom stereocenters. The molecule has 0 aliphatic rings. The third-order valence-electron chi connectivity index (χ3n) is 4.97. The third kappa shape index (κ3) is 18.6. The number of aryl methyl sites for hydroxylation is 4. The molecule has 11 heteroatoms. The molecule has 0 saturated heterocycles. The molecule has 4 aromatic rings. The number of tetrazole rings is 1. The van der Waals surface area contributed by atoms with Gasteiger partial charge < -0.3 is 0 Å². The minimum absolute atomic E-state index is 0. The fraction of sp³-hybridized carbons (Fsp3) is 0.700. The van der Waals surface area contributed by atoms with E-state index in [4.69, 9.17) is 0 Å². The largest absolute Gasteiger partial charge is 0.276 e. The summed E-state index contributed by atoms with van der Waals surface area (Å²) < 4.78 is 5.38. The monoisotopic (exact) mass is 580 g/mol. The highest BCUT2D eigenvalue weighted by Gasteiger charge is 2.03. The van der Waals surface area contributed by atoms with Gasteiger partial charge in [0, 0.05) is 45.7 Å². The lowest BCUT2D eigenvalue weighted by Gasteiger charge is -1.95. The molecule has 0 spiro atoms. The maximum Gasteiger partial charge on any atom is 0.177 e. The average Bonchev–Trinajstić information content (AvgIpc) is 3.58. The Morgan fingerprint density at radius 2 is 1.12 bits per heavy atom. The van der Waals surface area contributed by atoms with Crippen molar-refractivity contribution in [3.05, 3.63) is 53.6 Å². The van der Waals surface area contributed by atoms with E-state index in [9.17, 15) is 0 Å². The van der Waals surface area contributed by atoms with Gasteiger partial charge in [0.1, 0.15) is 0 Å². The van der Waals surface area contributed by atoms with Gasteiger partial charge >= 0.3 is 0 Å². The Balaban J connectivity index is -0.000000135. The summed E-state index contributed by atoms with van der Waals surface area (Å²) in [7, 11) is 7.51. The first-order chi connectivity index (χ1) is 16.8. The predicted molar refractivity (Wildman–Crippen MR) is 176 cm³/mol. The molecule has 0 N–H and O–H groups in total. The van der Waals surface area contributed by atoms with Crippen LogP contribution in [0.3, 0.4) is 0 Å². The van der Waals surface area contributed by atoms with Crippen LogP contribution in [0.2, 0.25) is 0 Å². The Morgan fingerprint density at radius 1 is 0.561 bits per heavy atom. The molecule has 41 heavy (non-hydrogen) atoms. The van der Waals surface area contributed by atoms with Crippen LogP contribution >= 0.6 is 0 Å². The van der Waals surface area contributed by atoms with Crippen LogP contribution in [-0.4, -0.2) is 54.8 Å². The van der Waals surface area contributed by atoms with E-state index in [1.807, 2.05) is 75.2 Å². The molecular weight excluding hydrogens is 514 g/mol. The van der Waals surface area contributed by atoms with Gasteiger partial charge in [-0.3, -0.25) is 14.0 Å². The summed E-state index contributed by atoms with van der Waals surface area (Å²) in [5, 5.41) is 27.5. The fourth-order valence-electron chi connectivity index (χ4n) is 2.64. The lowest BCUT2D eigenvalue weighted by atomic mass is 10.1. The molecule has 4 aromatic heterocycles. The molecule has 0 aliphatic heterocycles. The zero-order valence-corrected chi connectivity index (χ0v) is 24.1. The molecule has 0 radical (unpaired) electrons. The van der Waals surface area contributed by atoms with Gasteiger partial charge in [0.05, 0.1) is 24.6 Å². The van der Waals surface area contributed by atoms with E-state index >= 15 is 0 Å². The van der Waals surface area contributed by atoms with Crippen LogP contribution in [0.4, 0.5) is 0 Å². The summed E-state index contributed by atoms with van der Waals surface area (Å²) in [6.07, 6.45) is 7.86. The highest BCUT2D eigenvalue weighted by Crippen LogP contribution is 2.11. The molecule has 0 aromatic carbocycles. The first-order valence-electron chi connectivity index (χ1n) is 12.4. The second-order valence-electron chi connectivity index (χ2n) is 9.93. The van der Waals surface area contributed by atoms with Crippen LogP contribution < -0.4 is 0 Å². The van der Waals surface area contributed by atoms with Crippen molar-refractivity contribution in [2.45, 2.75) is 116 Å². The van der Waals surface area contributed by atoms with Gasteiger partial charge in [-0.25, -0.2) is 0 Å². The smallest absolute Gasteiger partial charge is 0.177 e. The minimum atomic E-state index is 0. The van der Waals surface area contributed by atoms with Crippen molar-refractivity contribution >= 4 is 0 Å². The molecule has 0 bridgehead atoms. The molecule has 0 unspecified atom stereocenters. The normalized spacial score (nSPS) is 9.37. The van der Waals surface area contributed by atoms with Crippen LogP contribution in [0.5, 0.6) is 0 Å². The Morgan fingerprint density at radius 3 is 1.32 bits per heavy atom. The van der Waals surface area contributed by atoms with E-state index in [1.165, 1.54) is 10.4 Å². The van der Waals surface area contributed by atoms with Crippen LogP contribution in [0.25, 0.3) is 0 Å². The highest BCUT2D eigenvalue weighted by molar-refractivity contribution is 5.08. The summed E-state index contributed by atoms with van der Waals surface area (Å²) in [4.78, 5) is 1.47. The molecular formula is C30H65N11. The summed E-state index contributed by atoms with van der Waals surface area (Å²) >= 11 is 0. The molecule has 0 fully saturated rings. The molecule has 0 aliphatic carbocycles. The molecule has 4 heterocycles. The second kappa shape index (κ2) is 23.3. The number of hydrogen-bond donors (Lipinski definition) is 0. The molecule has 0 amide bonds. The maximum atomic E-state index is 4.23. The van der Waals surface area contributed by atoms with E-state index in [2.05, 4.69) is 77.5 Å². The van der Waals surface area contributed by atoms with Crippen molar-refractivity contribution in [1.82, 2.24) is 54.8 Å². The van der Waals surface area contributed by atoms with Crippen molar-refractivity contribution in [1.29, 1.82) is 0 Å². The average molecular weight is 580 g/mol. The molecule has 4 rings (SSSR count). The second-order valence-corrected chi connectivity index (χ2v) is 9.93. The van der Waals surface area contributed by atoms with E-state index in [-0.39, 0.29) is 37.1 Å². The van der Waals surface area contributed by atoms with Gasteiger partial charge in [0.25, 0.3) is 0 Å². The van der Waals surface area contributed by atoms with Crippen molar-refractivity contribution in [2.24, 2.45) is 28.2 Å². The molecule has 11 nitrogen and oxygen atoms in total. The molecule has 0 saturated carbocycles. The summed E-state index contributed by atoms with van der Waals surface area (Å²) in [5.41, 5.74) is 3.52. The summed E-state index contributed by atoms with van der Waals surface area (Å²) in [6, 6.07) is 2.05. The topological polar surface area (TPSA) is 110 Å². The zero-order chi connectivity index (χ0) is 27.4. The van der Waals surface area contributed by atoms with Crippen molar-refractivity contribution < 1.29 is 0 Å². The Bertz CT molecular complexity index is 938. The van der Waals surface area contributed by atoms with Gasteiger partial charge in [0.15, 0.2) is 5.82 Å². The third-order valence-corrected chi connectivity index (χ3v) is 4.97. The van der Waals surface area contributed by atoms with E-state index < -0.39 is 0 Å². The van der Waals surface area contributed by atoms with Gasteiger partial charge in [0.2, 0.25) is 0 Å². The van der Waals surface area contributed by atoms with Crippen LogP contribution in [-0.2, 0) is 28.2 Å².